The zero-order chi connectivity index (χ0) is 26.3. The number of ether oxygens (including phenoxy) is 2. The Morgan fingerprint density at radius 3 is 2.03 bits per heavy atom. The van der Waals surface area contributed by atoms with E-state index in [0.717, 1.165) is 11.1 Å². The summed E-state index contributed by atoms with van der Waals surface area (Å²) >= 11 is 0. The van der Waals surface area contributed by atoms with E-state index < -0.39 is 24.6 Å². The molecule has 0 heterocycles. The van der Waals surface area contributed by atoms with Crippen LogP contribution in [0.4, 0.5) is 0 Å². The molecule has 0 spiro atoms. The van der Waals surface area contributed by atoms with Crippen LogP contribution in [-0.2, 0) is 30.3 Å². The van der Waals surface area contributed by atoms with E-state index in [2.05, 4.69) is 33.9 Å². The smallest absolute Gasteiger partial charge is 0.243 e. The molecule has 0 amide bonds. The molecule has 0 saturated heterocycles. The highest BCUT2D eigenvalue weighted by atomic mass is 32.2. The first-order chi connectivity index (χ1) is 16.3. The Hall–Kier alpha value is -1.55. The monoisotopic (exact) mass is 521 g/mol. The summed E-state index contributed by atoms with van der Waals surface area (Å²) in [6.45, 7) is 13.5. The van der Waals surface area contributed by atoms with Crippen molar-refractivity contribution in [2.24, 2.45) is 0 Å². The molecule has 0 radical (unpaired) electrons. The molecular weight excluding hydrogens is 478 g/mol. The van der Waals surface area contributed by atoms with Gasteiger partial charge in [0.25, 0.3) is 0 Å². The minimum atomic E-state index is -3.79. The van der Waals surface area contributed by atoms with E-state index in [1.807, 2.05) is 49.4 Å². The molecule has 8 heteroatoms. The number of rotatable bonds is 13. The van der Waals surface area contributed by atoms with Gasteiger partial charge < -0.3 is 13.9 Å². The molecule has 0 aliphatic heterocycles. The Kier molecular flexibility index (Phi) is 10.7. The maximum atomic E-state index is 14.0. The summed E-state index contributed by atoms with van der Waals surface area (Å²) in [7, 11) is -2.77. The van der Waals surface area contributed by atoms with Gasteiger partial charge in [-0.3, -0.25) is 0 Å². The van der Waals surface area contributed by atoms with E-state index in [1.54, 1.807) is 30.7 Å². The molecule has 0 aliphatic rings. The summed E-state index contributed by atoms with van der Waals surface area (Å²) in [5.74, 6) is 0. The van der Waals surface area contributed by atoms with Gasteiger partial charge >= 0.3 is 0 Å². The van der Waals surface area contributed by atoms with E-state index in [9.17, 15) is 8.42 Å². The first-order valence-corrected chi connectivity index (χ1v) is 16.5. The first-order valence-electron chi connectivity index (χ1n) is 12.1. The largest absolute Gasteiger partial charge is 0.415 e. The zero-order valence-electron chi connectivity index (χ0n) is 22.6. The second-order valence-corrected chi connectivity index (χ2v) is 17.2. The summed E-state index contributed by atoms with van der Waals surface area (Å²) in [4.78, 5) is 0.278. The van der Waals surface area contributed by atoms with Crippen LogP contribution in [0.25, 0.3) is 0 Å². The van der Waals surface area contributed by atoms with Gasteiger partial charge in [-0.1, -0.05) is 68.8 Å². The third-order valence-corrected chi connectivity index (χ3v) is 13.4. The molecule has 2 aromatic rings. The fourth-order valence-electron chi connectivity index (χ4n) is 3.56. The van der Waals surface area contributed by atoms with E-state index in [0.29, 0.717) is 19.4 Å². The predicted molar refractivity (Wildman–Crippen MR) is 145 cm³/mol. The first kappa shape index (κ1) is 29.7. The van der Waals surface area contributed by atoms with E-state index in [1.165, 1.54) is 0 Å². The molecule has 2 aromatic carbocycles. The van der Waals surface area contributed by atoms with Gasteiger partial charge in [0.15, 0.2) is 14.6 Å². The van der Waals surface area contributed by atoms with Crippen molar-refractivity contribution >= 4 is 18.3 Å². The minimum absolute atomic E-state index is 0.0160. The van der Waals surface area contributed by atoms with E-state index in [4.69, 9.17) is 13.9 Å². The summed E-state index contributed by atoms with van der Waals surface area (Å²) in [6.07, 6.45) is 0.457. The number of methoxy groups -OCH3 is 2. The molecule has 6 nitrogen and oxygen atoms in total. The lowest BCUT2D eigenvalue weighted by Crippen LogP contribution is -2.49. The van der Waals surface area contributed by atoms with Gasteiger partial charge in [-0.2, -0.15) is 4.31 Å². The Morgan fingerprint density at radius 1 is 0.943 bits per heavy atom. The third kappa shape index (κ3) is 8.23. The minimum Gasteiger partial charge on any atom is -0.415 e. The van der Waals surface area contributed by atoms with Gasteiger partial charge in [0.05, 0.1) is 17.5 Å². The van der Waals surface area contributed by atoms with Gasteiger partial charge in [0.2, 0.25) is 10.0 Å². The quantitative estimate of drug-likeness (QED) is 0.253. The van der Waals surface area contributed by atoms with Gasteiger partial charge in [-0.05, 0) is 49.2 Å². The van der Waals surface area contributed by atoms with Crippen molar-refractivity contribution in [1.82, 2.24) is 4.31 Å². The molecule has 0 aromatic heterocycles. The molecule has 0 unspecified atom stereocenters. The predicted octanol–water partition coefficient (Wildman–Crippen LogP) is 5.63. The van der Waals surface area contributed by atoms with Crippen LogP contribution in [0.5, 0.6) is 0 Å². The van der Waals surface area contributed by atoms with Crippen LogP contribution in [0.1, 0.15) is 38.3 Å². The van der Waals surface area contributed by atoms with Crippen LogP contribution in [-0.4, -0.2) is 60.7 Å². The van der Waals surface area contributed by atoms with Crippen LogP contribution in [0.15, 0.2) is 59.5 Å². The number of hydrogen-bond acceptors (Lipinski definition) is 5. The lowest BCUT2D eigenvalue weighted by atomic mass is 10.1. The lowest BCUT2D eigenvalue weighted by Gasteiger charge is -2.39. The van der Waals surface area contributed by atoms with Crippen molar-refractivity contribution in [3.05, 3.63) is 65.7 Å². The van der Waals surface area contributed by atoms with Crippen molar-refractivity contribution in [2.45, 2.75) is 75.9 Å². The fraction of sp³-hybridized carbons (Fsp3) is 0.556. The molecule has 0 fully saturated rings. The SMILES string of the molecule is COC(CCN([C@H](CO[Si](C)(C)C(C)(C)C)Cc1ccccc1)S(=O)(=O)c1ccc(C)cc1)OC. The Morgan fingerprint density at radius 2 is 1.51 bits per heavy atom. The van der Waals surface area contributed by atoms with Gasteiger partial charge in [0.1, 0.15) is 0 Å². The molecule has 196 valence electrons. The molecule has 0 bridgehead atoms. The van der Waals surface area contributed by atoms with Gasteiger partial charge in [-0.15, -0.1) is 0 Å². The highest BCUT2D eigenvalue weighted by Gasteiger charge is 2.39. The van der Waals surface area contributed by atoms with Crippen molar-refractivity contribution < 1.29 is 22.3 Å². The Bertz CT molecular complexity index is 1000. The fourth-order valence-corrected chi connectivity index (χ4v) is 6.23. The number of sulfonamides is 1. The summed E-state index contributed by atoms with van der Waals surface area (Å²) in [5, 5.41) is 0.0160. The van der Waals surface area contributed by atoms with E-state index >= 15 is 0 Å². The number of benzene rings is 2. The van der Waals surface area contributed by atoms with Crippen molar-refractivity contribution in [3.8, 4) is 0 Å². The van der Waals surface area contributed by atoms with Crippen LogP contribution in [0.3, 0.4) is 0 Å². The summed E-state index contributed by atoms with van der Waals surface area (Å²) in [6, 6.07) is 16.6. The Balaban J connectivity index is 2.49. The molecule has 0 N–H and O–H groups in total. The number of hydrogen-bond donors (Lipinski definition) is 0. The van der Waals surface area contributed by atoms with Gasteiger partial charge in [0, 0.05) is 27.2 Å². The van der Waals surface area contributed by atoms with E-state index in [-0.39, 0.29) is 22.5 Å². The second kappa shape index (κ2) is 12.6. The normalized spacial score (nSPS) is 14.0. The van der Waals surface area contributed by atoms with Crippen molar-refractivity contribution in [1.29, 1.82) is 0 Å². The lowest BCUT2D eigenvalue weighted by molar-refractivity contribution is -0.108. The van der Waals surface area contributed by atoms with Crippen LogP contribution >= 0.6 is 0 Å². The standard InChI is InChI=1S/C27H43NO5SSi/c1-22-14-16-25(17-15-22)34(29,30)28(19-18-26(31-5)32-6)24(20-23-12-10-9-11-13-23)21-33-35(7,8)27(2,3)4/h9-17,24,26H,18-21H2,1-8H3/t24-/m0/s1. The maximum Gasteiger partial charge on any atom is 0.243 e. The zero-order valence-corrected chi connectivity index (χ0v) is 24.4. The molecule has 2 rings (SSSR count). The average molecular weight is 522 g/mol. The Labute approximate surface area is 213 Å². The molecular formula is C27H43NO5SSi. The molecule has 0 aliphatic carbocycles. The van der Waals surface area contributed by atoms with Crippen LogP contribution < -0.4 is 0 Å². The maximum absolute atomic E-state index is 14.0. The highest BCUT2D eigenvalue weighted by Crippen LogP contribution is 2.37. The van der Waals surface area contributed by atoms with Gasteiger partial charge in [-0.25, -0.2) is 8.42 Å². The third-order valence-electron chi connectivity index (χ3n) is 6.90. The van der Waals surface area contributed by atoms with Crippen LogP contribution in [0.2, 0.25) is 18.1 Å². The average Bonchev–Trinajstić information content (AvgIpc) is 2.80. The summed E-state index contributed by atoms with van der Waals surface area (Å²) < 4.78 is 46.9. The molecule has 0 saturated carbocycles. The topological polar surface area (TPSA) is 65.1 Å². The number of aryl methyl sites for hydroxylation is 1. The van der Waals surface area contributed by atoms with Crippen LogP contribution in [0, 0.1) is 6.92 Å². The van der Waals surface area contributed by atoms with Crippen molar-refractivity contribution in [2.75, 3.05) is 27.4 Å². The molecule has 1 atom stereocenters. The summed E-state index contributed by atoms with van der Waals surface area (Å²) in [5.41, 5.74) is 2.08. The molecule has 35 heavy (non-hydrogen) atoms. The second-order valence-electron chi connectivity index (χ2n) is 10.5. The highest BCUT2D eigenvalue weighted by molar-refractivity contribution is 7.89. The number of nitrogens with zero attached hydrogens (tertiary/aromatic N) is 1. The van der Waals surface area contributed by atoms with Crippen molar-refractivity contribution in [3.63, 3.8) is 0 Å².